The van der Waals surface area contributed by atoms with Crippen molar-refractivity contribution in [3.05, 3.63) is 101 Å². The number of amides is 2. The maximum absolute atomic E-state index is 14.6. The minimum absolute atomic E-state index is 0.0429. The van der Waals surface area contributed by atoms with Crippen molar-refractivity contribution in [2.45, 2.75) is 46.2 Å². The highest BCUT2D eigenvalue weighted by atomic mass is 19.1. The third-order valence-electron chi connectivity index (χ3n) is 6.02. The highest BCUT2D eigenvalue weighted by molar-refractivity contribution is 5.88. The quantitative estimate of drug-likeness (QED) is 0.424. The van der Waals surface area contributed by atoms with E-state index in [9.17, 15) is 14.0 Å². The first-order valence-electron chi connectivity index (χ1n) is 11.9. The minimum atomic E-state index is -0.821. The predicted molar refractivity (Wildman–Crippen MR) is 136 cm³/mol. The van der Waals surface area contributed by atoms with Crippen LogP contribution in [0.2, 0.25) is 0 Å². The lowest BCUT2D eigenvalue weighted by atomic mass is 10.0. The van der Waals surface area contributed by atoms with Crippen LogP contribution in [0.1, 0.15) is 35.6 Å². The van der Waals surface area contributed by atoms with Crippen molar-refractivity contribution < 1.29 is 18.7 Å². The molecule has 0 spiro atoms. The molecule has 0 saturated heterocycles. The SMILES string of the molecule is CCCNC(=O)C(Cc1ccccc1)N(Cc1ccccc1F)C(=O)COc1cccc(C)c1C. The van der Waals surface area contributed by atoms with Crippen LogP contribution in [0.25, 0.3) is 0 Å². The maximum Gasteiger partial charge on any atom is 0.261 e. The second kappa shape index (κ2) is 12.7. The number of rotatable bonds is 11. The number of aryl methyl sites for hydroxylation is 1. The lowest BCUT2D eigenvalue weighted by Gasteiger charge is -2.31. The van der Waals surface area contributed by atoms with Gasteiger partial charge in [-0.25, -0.2) is 4.39 Å². The number of hydrogen-bond donors (Lipinski definition) is 1. The zero-order valence-electron chi connectivity index (χ0n) is 20.6. The standard InChI is InChI=1S/C29H33FN2O3/c1-4-17-31-29(34)26(18-23-12-6-5-7-13-23)32(19-24-14-8-9-15-25(24)30)28(33)20-35-27-16-10-11-21(2)22(27)3/h5-16,26H,4,17-20H2,1-3H3,(H,31,34). The van der Waals surface area contributed by atoms with Crippen LogP contribution in [0, 0.1) is 19.7 Å². The lowest BCUT2D eigenvalue weighted by molar-refractivity contribution is -0.142. The number of hydrogen-bond acceptors (Lipinski definition) is 3. The monoisotopic (exact) mass is 476 g/mol. The molecule has 5 nitrogen and oxygen atoms in total. The second-order valence-corrected chi connectivity index (χ2v) is 8.60. The van der Waals surface area contributed by atoms with Crippen LogP contribution in [0.5, 0.6) is 5.75 Å². The van der Waals surface area contributed by atoms with E-state index in [1.165, 1.54) is 11.0 Å². The highest BCUT2D eigenvalue weighted by Gasteiger charge is 2.31. The molecule has 184 valence electrons. The van der Waals surface area contributed by atoms with Crippen LogP contribution < -0.4 is 10.1 Å². The van der Waals surface area contributed by atoms with Gasteiger partial charge in [-0.2, -0.15) is 0 Å². The van der Waals surface area contributed by atoms with Crippen molar-refractivity contribution >= 4 is 11.8 Å². The molecule has 0 aliphatic heterocycles. The van der Waals surface area contributed by atoms with Crippen molar-refractivity contribution in [3.63, 3.8) is 0 Å². The zero-order chi connectivity index (χ0) is 25.2. The van der Waals surface area contributed by atoms with Crippen LogP contribution in [-0.4, -0.2) is 35.9 Å². The van der Waals surface area contributed by atoms with Crippen LogP contribution in [0.3, 0.4) is 0 Å². The summed E-state index contributed by atoms with van der Waals surface area (Å²) in [7, 11) is 0. The van der Waals surface area contributed by atoms with E-state index < -0.39 is 11.9 Å². The molecule has 2 amide bonds. The van der Waals surface area contributed by atoms with Crippen LogP contribution in [0.15, 0.2) is 72.8 Å². The number of ether oxygens (including phenoxy) is 1. The molecule has 1 N–H and O–H groups in total. The van der Waals surface area contributed by atoms with E-state index in [1.54, 1.807) is 18.2 Å². The summed E-state index contributed by atoms with van der Waals surface area (Å²) in [5.74, 6) is -0.471. The first-order valence-corrected chi connectivity index (χ1v) is 11.9. The van der Waals surface area contributed by atoms with E-state index in [0.29, 0.717) is 24.3 Å². The smallest absolute Gasteiger partial charge is 0.261 e. The van der Waals surface area contributed by atoms with Gasteiger partial charge in [0.05, 0.1) is 0 Å². The molecule has 35 heavy (non-hydrogen) atoms. The molecule has 1 atom stereocenters. The molecule has 0 saturated carbocycles. The van der Waals surface area contributed by atoms with E-state index >= 15 is 0 Å². The number of benzene rings is 3. The molecule has 0 bridgehead atoms. The van der Waals surface area contributed by atoms with E-state index in [2.05, 4.69) is 5.32 Å². The molecule has 6 heteroatoms. The molecule has 1 unspecified atom stereocenters. The van der Waals surface area contributed by atoms with Crippen molar-refractivity contribution in [1.82, 2.24) is 10.2 Å². The largest absolute Gasteiger partial charge is 0.483 e. The Labute approximate surface area is 206 Å². The molecule has 3 aromatic rings. The number of halogens is 1. The minimum Gasteiger partial charge on any atom is -0.483 e. The second-order valence-electron chi connectivity index (χ2n) is 8.60. The van der Waals surface area contributed by atoms with Gasteiger partial charge in [0.2, 0.25) is 5.91 Å². The van der Waals surface area contributed by atoms with Crippen LogP contribution in [-0.2, 0) is 22.6 Å². The summed E-state index contributed by atoms with van der Waals surface area (Å²) in [4.78, 5) is 28.2. The van der Waals surface area contributed by atoms with Gasteiger partial charge in [-0.1, -0.05) is 67.6 Å². The zero-order valence-corrected chi connectivity index (χ0v) is 20.6. The summed E-state index contributed by atoms with van der Waals surface area (Å²) in [6, 6.07) is 20.7. The van der Waals surface area contributed by atoms with Crippen molar-refractivity contribution in [1.29, 1.82) is 0 Å². The van der Waals surface area contributed by atoms with Gasteiger partial charge in [0, 0.05) is 25.1 Å². The Morgan fingerprint density at radius 1 is 0.971 bits per heavy atom. The van der Waals surface area contributed by atoms with E-state index in [4.69, 9.17) is 4.74 Å². The maximum atomic E-state index is 14.6. The fraction of sp³-hybridized carbons (Fsp3) is 0.310. The van der Waals surface area contributed by atoms with Gasteiger partial charge in [-0.3, -0.25) is 9.59 Å². The lowest BCUT2D eigenvalue weighted by Crippen LogP contribution is -2.52. The Bertz CT molecular complexity index is 1130. The topological polar surface area (TPSA) is 58.6 Å². The van der Waals surface area contributed by atoms with Crippen molar-refractivity contribution in [2.75, 3.05) is 13.2 Å². The van der Waals surface area contributed by atoms with Gasteiger partial charge in [0.15, 0.2) is 6.61 Å². The molecular weight excluding hydrogens is 443 g/mol. The third kappa shape index (κ3) is 7.15. The summed E-state index contributed by atoms with van der Waals surface area (Å²) in [5, 5.41) is 2.91. The van der Waals surface area contributed by atoms with Gasteiger partial charge >= 0.3 is 0 Å². The van der Waals surface area contributed by atoms with E-state index in [-0.39, 0.29) is 25.0 Å². The number of carbonyl (C=O) groups is 2. The molecule has 0 fully saturated rings. The fourth-order valence-electron chi connectivity index (χ4n) is 3.83. The molecule has 0 radical (unpaired) electrons. The van der Waals surface area contributed by atoms with Crippen molar-refractivity contribution in [2.24, 2.45) is 0 Å². The summed E-state index contributed by atoms with van der Waals surface area (Å²) in [6.07, 6.45) is 1.07. The molecule has 0 aliphatic carbocycles. The Kier molecular flexibility index (Phi) is 9.41. The summed E-state index contributed by atoms with van der Waals surface area (Å²) < 4.78 is 20.5. The number of nitrogens with zero attached hydrogens (tertiary/aromatic N) is 1. The summed E-state index contributed by atoms with van der Waals surface area (Å²) in [6.45, 7) is 6.06. The van der Waals surface area contributed by atoms with Crippen LogP contribution >= 0.6 is 0 Å². The summed E-state index contributed by atoms with van der Waals surface area (Å²) in [5.41, 5.74) is 3.25. The third-order valence-corrected chi connectivity index (χ3v) is 6.02. The van der Waals surface area contributed by atoms with Gasteiger partial charge in [-0.15, -0.1) is 0 Å². The Morgan fingerprint density at radius 3 is 2.40 bits per heavy atom. The number of carbonyl (C=O) groups excluding carboxylic acids is 2. The fourth-order valence-corrected chi connectivity index (χ4v) is 3.83. The van der Waals surface area contributed by atoms with Gasteiger partial charge < -0.3 is 15.0 Å². The molecule has 0 aromatic heterocycles. The highest BCUT2D eigenvalue weighted by Crippen LogP contribution is 2.22. The normalized spacial score (nSPS) is 11.5. The molecule has 0 aliphatic rings. The first-order chi connectivity index (χ1) is 16.9. The summed E-state index contributed by atoms with van der Waals surface area (Å²) >= 11 is 0. The first kappa shape index (κ1) is 25.9. The average Bonchev–Trinajstić information content (AvgIpc) is 2.87. The predicted octanol–water partition coefficient (Wildman–Crippen LogP) is 4.99. The molecular formula is C29H33FN2O3. The number of nitrogens with one attached hydrogen (secondary N) is 1. The Balaban J connectivity index is 1.92. The van der Waals surface area contributed by atoms with E-state index in [0.717, 1.165) is 23.1 Å². The van der Waals surface area contributed by atoms with Crippen molar-refractivity contribution in [3.8, 4) is 5.75 Å². The van der Waals surface area contributed by atoms with Gasteiger partial charge in [0.25, 0.3) is 5.91 Å². The average molecular weight is 477 g/mol. The van der Waals surface area contributed by atoms with E-state index in [1.807, 2.05) is 69.3 Å². The van der Waals surface area contributed by atoms with Crippen LogP contribution in [0.4, 0.5) is 4.39 Å². The molecule has 0 heterocycles. The molecule has 3 rings (SSSR count). The molecule has 3 aromatic carbocycles. The Morgan fingerprint density at radius 2 is 1.69 bits per heavy atom. The van der Waals surface area contributed by atoms with Gasteiger partial charge in [-0.05, 0) is 49.1 Å². The Hall–Kier alpha value is -3.67. The van der Waals surface area contributed by atoms with Gasteiger partial charge in [0.1, 0.15) is 17.6 Å².